The normalized spacial score (nSPS) is 20.8. The fourth-order valence-corrected chi connectivity index (χ4v) is 5.45. The second-order valence-electron chi connectivity index (χ2n) is 9.94. The van der Waals surface area contributed by atoms with Gasteiger partial charge < -0.3 is 24.2 Å². The van der Waals surface area contributed by atoms with Crippen molar-refractivity contribution < 1.29 is 14.3 Å². The molecule has 3 aliphatic rings. The Morgan fingerprint density at radius 2 is 1.65 bits per heavy atom. The van der Waals surface area contributed by atoms with Gasteiger partial charge in [-0.3, -0.25) is 4.79 Å². The molecule has 34 heavy (non-hydrogen) atoms. The van der Waals surface area contributed by atoms with Crippen LogP contribution in [-0.2, 0) is 16.1 Å². The standard InChI is InChI=1S/C28H37N3O3/c32-27-22-34-28(23-31(27)21-24-7-2-1-3-8-24)13-18-30(19-14-28)25-9-11-26(12-10-25)33-20-6-17-29-15-4-5-16-29/h1-3,7-12H,4-6,13-23H2. The molecule has 5 rings (SSSR count). The summed E-state index contributed by atoms with van der Waals surface area (Å²) in [5.41, 5.74) is 2.17. The van der Waals surface area contributed by atoms with Gasteiger partial charge in [0.25, 0.3) is 0 Å². The van der Waals surface area contributed by atoms with Crippen molar-refractivity contribution in [2.75, 3.05) is 57.4 Å². The maximum absolute atomic E-state index is 12.5. The molecule has 3 saturated heterocycles. The van der Waals surface area contributed by atoms with Crippen molar-refractivity contribution in [2.45, 2.75) is 44.2 Å². The number of amides is 1. The number of ether oxygens (including phenoxy) is 2. The minimum atomic E-state index is -0.225. The number of hydrogen-bond donors (Lipinski definition) is 0. The van der Waals surface area contributed by atoms with Crippen LogP contribution in [0.1, 0.15) is 37.7 Å². The van der Waals surface area contributed by atoms with E-state index in [1.807, 2.05) is 23.1 Å². The van der Waals surface area contributed by atoms with E-state index < -0.39 is 0 Å². The summed E-state index contributed by atoms with van der Waals surface area (Å²) in [5, 5.41) is 0. The Morgan fingerprint density at radius 3 is 2.38 bits per heavy atom. The number of piperidine rings is 1. The average molecular weight is 464 g/mol. The monoisotopic (exact) mass is 463 g/mol. The van der Waals surface area contributed by atoms with Crippen LogP contribution in [0.25, 0.3) is 0 Å². The van der Waals surface area contributed by atoms with Crippen molar-refractivity contribution in [3.05, 3.63) is 60.2 Å². The Balaban J connectivity index is 1.09. The molecule has 0 radical (unpaired) electrons. The maximum Gasteiger partial charge on any atom is 0.248 e. The Morgan fingerprint density at radius 1 is 0.912 bits per heavy atom. The molecule has 1 amide bonds. The smallest absolute Gasteiger partial charge is 0.248 e. The molecule has 0 bridgehead atoms. The lowest BCUT2D eigenvalue weighted by atomic mass is 9.88. The van der Waals surface area contributed by atoms with Gasteiger partial charge in [0.05, 0.1) is 18.8 Å². The second-order valence-corrected chi connectivity index (χ2v) is 9.94. The number of nitrogens with zero attached hydrogens (tertiary/aromatic N) is 3. The van der Waals surface area contributed by atoms with E-state index in [4.69, 9.17) is 9.47 Å². The molecule has 0 saturated carbocycles. The number of carbonyl (C=O) groups excluding carboxylic acids is 1. The van der Waals surface area contributed by atoms with Crippen LogP contribution in [0.15, 0.2) is 54.6 Å². The fraction of sp³-hybridized carbons (Fsp3) is 0.536. The SMILES string of the molecule is O=C1COC2(CCN(c3ccc(OCCCN4CCCC4)cc3)CC2)CN1Cc1ccccc1. The minimum Gasteiger partial charge on any atom is -0.494 e. The van der Waals surface area contributed by atoms with E-state index in [-0.39, 0.29) is 18.1 Å². The number of likely N-dealkylation sites (tertiary alicyclic amines) is 1. The summed E-state index contributed by atoms with van der Waals surface area (Å²) in [7, 11) is 0. The molecule has 182 valence electrons. The predicted octanol–water partition coefficient (Wildman–Crippen LogP) is 3.95. The largest absolute Gasteiger partial charge is 0.494 e. The van der Waals surface area contributed by atoms with Crippen LogP contribution >= 0.6 is 0 Å². The van der Waals surface area contributed by atoms with Crippen molar-refractivity contribution in [2.24, 2.45) is 0 Å². The molecular formula is C28H37N3O3. The summed E-state index contributed by atoms with van der Waals surface area (Å²) >= 11 is 0. The zero-order chi connectivity index (χ0) is 23.2. The van der Waals surface area contributed by atoms with E-state index in [2.05, 4.69) is 46.2 Å². The van der Waals surface area contributed by atoms with Gasteiger partial charge in [-0.05, 0) is 75.0 Å². The first-order valence-corrected chi connectivity index (χ1v) is 12.9. The van der Waals surface area contributed by atoms with Crippen LogP contribution in [0.3, 0.4) is 0 Å². The van der Waals surface area contributed by atoms with E-state index in [9.17, 15) is 4.79 Å². The van der Waals surface area contributed by atoms with Crippen LogP contribution in [-0.4, -0.2) is 73.8 Å². The molecule has 3 aliphatic heterocycles. The molecule has 3 fully saturated rings. The van der Waals surface area contributed by atoms with Gasteiger partial charge in [0.1, 0.15) is 12.4 Å². The van der Waals surface area contributed by atoms with Gasteiger partial charge in [-0.25, -0.2) is 0 Å². The van der Waals surface area contributed by atoms with Gasteiger partial charge in [-0.2, -0.15) is 0 Å². The molecule has 0 unspecified atom stereocenters. The molecular weight excluding hydrogens is 426 g/mol. The molecule has 6 heteroatoms. The van der Waals surface area contributed by atoms with E-state index in [1.54, 1.807) is 0 Å². The van der Waals surface area contributed by atoms with Gasteiger partial charge in [0.2, 0.25) is 5.91 Å². The third kappa shape index (κ3) is 5.73. The van der Waals surface area contributed by atoms with Crippen LogP contribution in [0, 0.1) is 0 Å². The van der Waals surface area contributed by atoms with Crippen molar-refractivity contribution in [1.29, 1.82) is 0 Å². The lowest BCUT2D eigenvalue weighted by Gasteiger charge is -2.47. The van der Waals surface area contributed by atoms with Gasteiger partial charge >= 0.3 is 0 Å². The molecule has 6 nitrogen and oxygen atoms in total. The fourth-order valence-electron chi connectivity index (χ4n) is 5.45. The number of carbonyl (C=O) groups is 1. The first kappa shape index (κ1) is 23.2. The molecule has 0 atom stereocenters. The maximum atomic E-state index is 12.5. The zero-order valence-corrected chi connectivity index (χ0v) is 20.2. The topological polar surface area (TPSA) is 45.2 Å². The van der Waals surface area contributed by atoms with Crippen LogP contribution in [0.2, 0.25) is 0 Å². The van der Waals surface area contributed by atoms with E-state index >= 15 is 0 Å². The van der Waals surface area contributed by atoms with Crippen molar-refractivity contribution in [1.82, 2.24) is 9.80 Å². The summed E-state index contributed by atoms with van der Waals surface area (Å²) in [6, 6.07) is 18.7. The molecule has 0 aliphatic carbocycles. The highest BCUT2D eigenvalue weighted by molar-refractivity contribution is 5.78. The van der Waals surface area contributed by atoms with Gasteiger partial charge in [0, 0.05) is 31.9 Å². The molecule has 2 aromatic rings. The zero-order valence-electron chi connectivity index (χ0n) is 20.2. The van der Waals surface area contributed by atoms with E-state index in [1.165, 1.54) is 37.2 Å². The summed E-state index contributed by atoms with van der Waals surface area (Å²) in [6.07, 6.45) is 5.63. The lowest BCUT2D eigenvalue weighted by Crippen LogP contribution is -2.58. The summed E-state index contributed by atoms with van der Waals surface area (Å²) in [4.78, 5) is 19.4. The Bertz CT molecular complexity index is 920. The first-order valence-electron chi connectivity index (χ1n) is 12.9. The summed E-state index contributed by atoms with van der Waals surface area (Å²) in [5.74, 6) is 1.04. The van der Waals surface area contributed by atoms with Gasteiger partial charge in [-0.1, -0.05) is 30.3 Å². The molecule has 3 heterocycles. The van der Waals surface area contributed by atoms with Crippen molar-refractivity contribution >= 4 is 11.6 Å². The number of hydrogen-bond acceptors (Lipinski definition) is 5. The first-order chi connectivity index (χ1) is 16.7. The minimum absolute atomic E-state index is 0.0907. The van der Waals surface area contributed by atoms with Crippen LogP contribution in [0.5, 0.6) is 5.75 Å². The Hall–Kier alpha value is -2.57. The van der Waals surface area contributed by atoms with Gasteiger partial charge in [0.15, 0.2) is 0 Å². The summed E-state index contributed by atoms with van der Waals surface area (Å²) < 4.78 is 12.1. The predicted molar refractivity (Wildman–Crippen MR) is 134 cm³/mol. The molecule has 0 N–H and O–H groups in total. The average Bonchev–Trinajstić information content (AvgIpc) is 3.40. The Kier molecular flexibility index (Phi) is 7.36. The van der Waals surface area contributed by atoms with Crippen LogP contribution < -0.4 is 9.64 Å². The molecule has 0 aromatic heterocycles. The third-order valence-electron chi connectivity index (χ3n) is 7.51. The highest BCUT2D eigenvalue weighted by atomic mass is 16.5. The second kappa shape index (κ2) is 10.8. The van der Waals surface area contributed by atoms with Crippen LogP contribution in [0.4, 0.5) is 5.69 Å². The molecule has 1 spiro atoms. The third-order valence-corrected chi connectivity index (χ3v) is 7.51. The van der Waals surface area contributed by atoms with Crippen molar-refractivity contribution in [3.8, 4) is 5.75 Å². The Labute approximate surface area is 203 Å². The lowest BCUT2D eigenvalue weighted by molar-refractivity contribution is -0.168. The quantitative estimate of drug-likeness (QED) is 0.555. The summed E-state index contributed by atoms with van der Waals surface area (Å²) in [6.45, 7) is 7.81. The molecule has 2 aromatic carbocycles. The number of benzene rings is 2. The highest BCUT2D eigenvalue weighted by Crippen LogP contribution is 2.33. The van der Waals surface area contributed by atoms with Gasteiger partial charge in [-0.15, -0.1) is 0 Å². The number of morpholine rings is 1. The van der Waals surface area contributed by atoms with E-state index in [0.717, 1.165) is 51.3 Å². The number of anilines is 1. The van der Waals surface area contributed by atoms with Crippen molar-refractivity contribution in [3.63, 3.8) is 0 Å². The van der Waals surface area contributed by atoms with E-state index in [0.29, 0.717) is 13.1 Å². The highest BCUT2D eigenvalue weighted by Gasteiger charge is 2.42. The number of rotatable bonds is 8.